The number of carbonyl (C=O) groups is 1. The molecule has 2 aliphatic rings. The Morgan fingerprint density at radius 3 is 2.68 bits per heavy atom. The normalized spacial score (nSPS) is 27.5. The highest BCUT2D eigenvalue weighted by molar-refractivity contribution is 9.10. The first-order valence-corrected chi connectivity index (χ1v) is 9.58. The molecule has 0 N–H and O–H groups in total. The number of halogens is 1. The Labute approximate surface area is 156 Å². The van der Waals surface area contributed by atoms with Gasteiger partial charge in [0.1, 0.15) is 0 Å². The molecule has 4 rings (SSSR count). The third-order valence-electron chi connectivity index (χ3n) is 5.53. The molecule has 0 unspecified atom stereocenters. The van der Waals surface area contributed by atoms with E-state index in [4.69, 9.17) is 4.52 Å². The molecule has 132 valence electrons. The molecule has 2 atom stereocenters. The third kappa shape index (κ3) is 3.14. The van der Waals surface area contributed by atoms with Crippen LogP contribution in [0.2, 0.25) is 0 Å². The smallest absolute Gasteiger partial charge is 0.276 e. The summed E-state index contributed by atoms with van der Waals surface area (Å²) in [7, 11) is 0. The number of nitrogens with zero attached hydrogens (tertiary/aromatic N) is 2. The first-order chi connectivity index (χ1) is 11.7. The number of benzene rings is 1. The van der Waals surface area contributed by atoms with Crippen LogP contribution in [0.25, 0.3) is 11.3 Å². The Bertz CT molecular complexity index is 811. The van der Waals surface area contributed by atoms with Gasteiger partial charge in [-0.25, -0.2) is 0 Å². The van der Waals surface area contributed by atoms with Crippen molar-refractivity contribution in [2.45, 2.75) is 46.1 Å². The Morgan fingerprint density at radius 2 is 1.96 bits per heavy atom. The van der Waals surface area contributed by atoms with E-state index < -0.39 is 0 Å². The van der Waals surface area contributed by atoms with Crippen molar-refractivity contribution >= 4 is 21.8 Å². The second-order valence-corrected chi connectivity index (χ2v) is 9.65. The van der Waals surface area contributed by atoms with Crippen LogP contribution in [-0.4, -0.2) is 28.6 Å². The van der Waals surface area contributed by atoms with Crippen LogP contribution >= 0.6 is 15.9 Å². The van der Waals surface area contributed by atoms with Crippen molar-refractivity contribution in [2.75, 3.05) is 6.54 Å². The van der Waals surface area contributed by atoms with Gasteiger partial charge >= 0.3 is 0 Å². The minimum Gasteiger partial charge on any atom is -0.355 e. The summed E-state index contributed by atoms with van der Waals surface area (Å²) < 4.78 is 6.44. The zero-order valence-corrected chi connectivity index (χ0v) is 16.5. The van der Waals surface area contributed by atoms with Gasteiger partial charge in [-0.1, -0.05) is 54.0 Å². The largest absolute Gasteiger partial charge is 0.355 e. The molecule has 25 heavy (non-hydrogen) atoms. The first-order valence-electron chi connectivity index (χ1n) is 8.78. The van der Waals surface area contributed by atoms with Crippen LogP contribution in [0.1, 0.15) is 50.5 Å². The van der Waals surface area contributed by atoms with Crippen LogP contribution in [0.5, 0.6) is 0 Å². The standard InChI is InChI=1S/C20H23BrN2O2/c1-19(2)9-15-10-20(3,11-19)12-23(15)18(24)16-8-17(25-22-16)13-4-6-14(21)7-5-13/h4-8,15H,9-12H2,1-3H3/t15-,20+/m1/s1. The maximum Gasteiger partial charge on any atom is 0.276 e. The Morgan fingerprint density at radius 1 is 1.24 bits per heavy atom. The summed E-state index contributed by atoms with van der Waals surface area (Å²) in [5.41, 5.74) is 1.84. The average molecular weight is 403 g/mol. The molecule has 0 spiro atoms. The molecule has 1 saturated carbocycles. The average Bonchev–Trinajstić information content (AvgIpc) is 3.09. The maximum absolute atomic E-state index is 13.0. The summed E-state index contributed by atoms with van der Waals surface area (Å²) in [5.74, 6) is 0.628. The highest BCUT2D eigenvalue weighted by Crippen LogP contribution is 2.52. The second kappa shape index (κ2) is 5.70. The molecule has 2 heterocycles. The van der Waals surface area contributed by atoms with Gasteiger partial charge in [0, 0.05) is 28.7 Å². The lowest BCUT2D eigenvalue weighted by Crippen LogP contribution is -2.37. The third-order valence-corrected chi connectivity index (χ3v) is 6.06. The van der Waals surface area contributed by atoms with E-state index in [1.807, 2.05) is 29.2 Å². The van der Waals surface area contributed by atoms with E-state index in [0.29, 0.717) is 22.9 Å². The van der Waals surface area contributed by atoms with Crippen LogP contribution in [0.4, 0.5) is 0 Å². The summed E-state index contributed by atoms with van der Waals surface area (Å²) in [6.07, 6.45) is 3.33. The quantitative estimate of drug-likeness (QED) is 0.697. The van der Waals surface area contributed by atoms with Crippen molar-refractivity contribution < 1.29 is 9.32 Å². The van der Waals surface area contributed by atoms with Crippen molar-refractivity contribution in [2.24, 2.45) is 10.8 Å². The fourth-order valence-electron chi connectivity index (χ4n) is 4.97. The minimum absolute atomic E-state index is 0.00135. The van der Waals surface area contributed by atoms with Gasteiger partial charge in [0.2, 0.25) is 0 Å². The molecule has 2 fully saturated rings. The molecule has 2 aromatic rings. The van der Waals surface area contributed by atoms with Crippen molar-refractivity contribution in [1.29, 1.82) is 0 Å². The van der Waals surface area contributed by atoms with E-state index in [2.05, 4.69) is 41.9 Å². The van der Waals surface area contributed by atoms with Crippen LogP contribution in [0.15, 0.2) is 39.3 Å². The molecule has 1 aliphatic heterocycles. The van der Waals surface area contributed by atoms with Gasteiger partial charge in [-0.2, -0.15) is 0 Å². The molecule has 0 radical (unpaired) electrons. The van der Waals surface area contributed by atoms with Gasteiger partial charge < -0.3 is 9.42 Å². The molecule has 1 amide bonds. The first kappa shape index (κ1) is 16.8. The maximum atomic E-state index is 13.0. The number of amides is 1. The van der Waals surface area contributed by atoms with Crippen LogP contribution in [-0.2, 0) is 0 Å². The molecule has 1 aromatic heterocycles. The molecule has 1 aliphatic carbocycles. The van der Waals surface area contributed by atoms with Gasteiger partial charge in [-0.3, -0.25) is 4.79 Å². The predicted molar refractivity (Wildman–Crippen MR) is 100 cm³/mol. The molecule has 4 nitrogen and oxygen atoms in total. The SMILES string of the molecule is CC1(C)C[C@@H]2C[C@](C)(CN2C(=O)c2cc(-c3ccc(Br)cc3)on2)C1. The van der Waals surface area contributed by atoms with Crippen molar-refractivity contribution in [1.82, 2.24) is 10.1 Å². The van der Waals surface area contributed by atoms with Crippen molar-refractivity contribution in [3.05, 3.63) is 40.5 Å². The van der Waals surface area contributed by atoms with E-state index in [0.717, 1.165) is 29.4 Å². The number of carbonyl (C=O) groups excluding carboxylic acids is 1. The molecular weight excluding hydrogens is 380 g/mol. The topological polar surface area (TPSA) is 46.3 Å². The molecule has 5 heteroatoms. The highest BCUT2D eigenvalue weighted by Gasteiger charge is 2.51. The van der Waals surface area contributed by atoms with E-state index in [-0.39, 0.29) is 11.3 Å². The number of hydrogen-bond donors (Lipinski definition) is 0. The van der Waals surface area contributed by atoms with E-state index in [1.54, 1.807) is 6.07 Å². The van der Waals surface area contributed by atoms with E-state index in [9.17, 15) is 4.79 Å². The van der Waals surface area contributed by atoms with Crippen LogP contribution in [0.3, 0.4) is 0 Å². The summed E-state index contributed by atoms with van der Waals surface area (Å²) in [6, 6.07) is 9.88. The zero-order chi connectivity index (χ0) is 17.8. The van der Waals surface area contributed by atoms with Crippen molar-refractivity contribution in [3.8, 4) is 11.3 Å². The summed E-state index contributed by atoms with van der Waals surface area (Å²) >= 11 is 3.42. The van der Waals surface area contributed by atoms with Gasteiger partial charge in [0.05, 0.1) is 0 Å². The van der Waals surface area contributed by atoms with E-state index >= 15 is 0 Å². The fourth-order valence-corrected chi connectivity index (χ4v) is 5.24. The Balaban J connectivity index is 1.57. The van der Waals surface area contributed by atoms with Gasteiger partial charge in [0.15, 0.2) is 11.5 Å². The van der Waals surface area contributed by atoms with Crippen LogP contribution in [0, 0.1) is 10.8 Å². The Hall–Kier alpha value is -1.62. The monoisotopic (exact) mass is 402 g/mol. The number of hydrogen-bond acceptors (Lipinski definition) is 3. The number of likely N-dealkylation sites (tertiary alicyclic amines) is 1. The highest BCUT2D eigenvalue weighted by atomic mass is 79.9. The van der Waals surface area contributed by atoms with E-state index in [1.165, 1.54) is 6.42 Å². The zero-order valence-electron chi connectivity index (χ0n) is 14.9. The number of fused-ring (bicyclic) bond motifs is 2. The Kier molecular flexibility index (Phi) is 3.83. The number of rotatable bonds is 2. The predicted octanol–water partition coefficient (Wildman–Crippen LogP) is 5.14. The summed E-state index contributed by atoms with van der Waals surface area (Å²) in [4.78, 5) is 15.1. The van der Waals surface area contributed by atoms with Crippen LogP contribution < -0.4 is 0 Å². The molecular formula is C20H23BrN2O2. The van der Waals surface area contributed by atoms with Gasteiger partial charge in [-0.15, -0.1) is 0 Å². The lowest BCUT2D eigenvalue weighted by molar-refractivity contribution is 0.0698. The van der Waals surface area contributed by atoms with Crippen molar-refractivity contribution in [3.63, 3.8) is 0 Å². The lowest BCUT2D eigenvalue weighted by Gasteiger charge is -2.39. The minimum atomic E-state index is -0.00135. The lowest BCUT2D eigenvalue weighted by atomic mass is 9.65. The second-order valence-electron chi connectivity index (χ2n) is 8.73. The molecule has 1 aromatic carbocycles. The van der Waals surface area contributed by atoms with Gasteiger partial charge in [-0.05, 0) is 42.2 Å². The van der Waals surface area contributed by atoms with Gasteiger partial charge in [0.25, 0.3) is 5.91 Å². The number of aromatic nitrogens is 1. The summed E-state index contributed by atoms with van der Waals surface area (Å²) in [5, 5.41) is 4.05. The molecule has 2 bridgehead atoms. The summed E-state index contributed by atoms with van der Waals surface area (Å²) in [6.45, 7) is 7.75. The molecule has 1 saturated heterocycles. The fraction of sp³-hybridized carbons (Fsp3) is 0.500.